The minimum atomic E-state index is -0.0187. The molecule has 0 fully saturated rings. The Morgan fingerprint density at radius 2 is 1.77 bits per heavy atom. The van der Waals surface area contributed by atoms with E-state index in [4.69, 9.17) is 9.47 Å². The summed E-state index contributed by atoms with van der Waals surface area (Å²) in [7, 11) is 3.11. The van der Waals surface area contributed by atoms with Gasteiger partial charge in [0.15, 0.2) is 29.7 Å². The van der Waals surface area contributed by atoms with Gasteiger partial charge in [-0.3, -0.25) is 4.79 Å². The molecule has 0 atom stereocenters. The quantitative estimate of drug-likeness (QED) is 0.495. The Balaban J connectivity index is 1.98. The van der Waals surface area contributed by atoms with Crippen molar-refractivity contribution in [3.05, 3.63) is 64.1 Å². The number of ketones is 1. The summed E-state index contributed by atoms with van der Waals surface area (Å²) in [5, 5.41) is 11.0. The van der Waals surface area contributed by atoms with E-state index in [-0.39, 0.29) is 5.78 Å². The van der Waals surface area contributed by atoms with Gasteiger partial charge in [0.25, 0.3) is 0 Å². The summed E-state index contributed by atoms with van der Waals surface area (Å²) >= 11 is 0. The van der Waals surface area contributed by atoms with E-state index in [9.17, 15) is 10.0 Å². The topological polar surface area (TPSA) is 62.5 Å². The normalized spacial score (nSPS) is 15.0. The first-order chi connectivity index (χ1) is 10.6. The summed E-state index contributed by atoms with van der Waals surface area (Å²) in [5.41, 5.74) is 3.07. The highest BCUT2D eigenvalue weighted by atomic mass is 16.5. The first-order valence-corrected chi connectivity index (χ1v) is 6.81. The molecule has 5 heteroatoms. The van der Waals surface area contributed by atoms with Gasteiger partial charge in [-0.2, -0.15) is 4.73 Å². The SMILES string of the molecule is COc1cc2c(cc1OC)C(=O)/C(=C/c1cc[n+]([O-])cc1)C2. The van der Waals surface area contributed by atoms with Gasteiger partial charge in [0.05, 0.1) is 14.2 Å². The molecule has 2 aromatic rings. The predicted molar refractivity (Wildman–Crippen MR) is 81.0 cm³/mol. The number of allylic oxidation sites excluding steroid dienone is 1. The van der Waals surface area contributed by atoms with E-state index < -0.39 is 0 Å². The summed E-state index contributed by atoms with van der Waals surface area (Å²) in [6, 6.07) is 6.91. The number of nitrogens with zero attached hydrogens (tertiary/aromatic N) is 1. The maximum Gasteiger partial charge on any atom is 0.189 e. The van der Waals surface area contributed by atoms with E-state index in [0.717, 1.165) is 11.1 Å². The van der Waals surface area contributed by atoms with Crippen LogP contribution in [0.1, 0.15) is 21.5 Å². The van der Waals surface area contributed by atoms with Gasteiger partial charge in [0, 0.05) is 29.7 Å². The Labute approximate surface area is 128 Å². The molecule has 1 aliphatic rings. The number of carbonyl (C=O) groups is 1. The smallest absolute Gasteiger partial charge is 0.189 e. The van der Waals surface area contributed by atoms with E-state index in [2.05, 4.69) is 0 Å². The molecular formula is C17H15NO4. The third-order valence-electron chi connectivity index (χ3n) is 3.70. The number of Topliss-reactive ketones (excluding diaryl/α,β-unsaturated/α-hetero) is 1. The Kier molecular flexibility index (Phi) is 3.55. The molecule has 112 valence electrons. The van der Waals surface area contributed by atoms with Crippen molar-refractivity contribution in [2.45, 2.75) is 6.42 Å². The number of rotatable bonds is 3. The fourth-order valence-corrected chi connectivity index (χ4v) is 2.58. The van der Waals surface area contributed by atoms with Crippen LogP contribution in [-0.2, 0) is 6.42 Å². The van der Waals surface area contributed by atoms with Crippen LogP contribution in [-0.4, -0.2) is 20.0 Å². The van der Waals surface area contributed by atoms with Crippen LogP contribution in [0.25, 0.3) is 6.08 Å². The van der Waals surface area contributed by atoms with Crippen molar-refractivity contribution in [1.29, 1.82) is 0 Å². The van der Waals surface area contributed by atoms with Gasteiger partial charge in [0.2, 0.25) is 0 Å². The van der Waals surface area contributed by atoms with Crippen LogP contribution in [0, 0.1) is 5.21 Å². The second-order valence-electron chi connectivity index (χ2n) is 5.03. The summed E-state index contributed by atoms with van der Waals surface area (Å²) in [4.78, 5) is 12.5. The second kappa shape index (κ2) is 5.52. The van der Waals surface area contributed by atoms with Crippen LogP contribution >= 0.6 is 0 Å². The average molecular weight is 297 g/mol. The summed E-state index contributed by atoms with van der Waals surface area (Å²) in [6.07, 6.45) is 5.16. The van der Waals surface area contributed by atoms with E-state index in [1.54, 1.807) is 38.5 Å². The molecule has 1 heterocycles. The van der Waals surface area contributed by atoms with Crippen molar-refractivity contribution in [2.24, 2.45) is 0 Å². The molecule has 1 aliphatic carbocycles. The van der Waals surface area contributed by atoms with Crippen LogP contribution in [0.5, 0.6) is 11.5 Å². The third kappa shape index (κ3) is 2.41. The fraction of sp³-hybridized carbons (Fsp3) is 0.176. The third-order valence-corrected chi connectivity index (χ3v) is 3.70. The number of carbonyl (C=O) groups excluding carboxylic acids is 1. The lowest BCUT2D eigenvalue weighted by molar-refractivity contribution is -0.605. The number of aromatic nitrogens is 1. The lowest BCUT2D eigenvalue weighted by Crippen LogP contribution is -2.23. The standard InChI is InChI=1S/C17H15NO4/c1-21-15-9-12-8-13(7-11-3-5-18(20)6-4-11)17(19)14(12)10-16(15)22-2/h3-7,9-10H,8H2,1-2H3/b13-7+. The molecule has 1 aromatic carbocycles. The first kappa shape index (κ1) is 14.1. The molecular weight excluding hydrogens is 282 g/mol. The number of hydrogen-bond donors (Lipinski definition) is 0. The van der Waals surface area contributed by atoms with E-state index >= 15 is 0 Å². The number of methoxy groups -OCH3 is 2. The second-order valence-corrected chi connectivity index (χ2v) is 5.03. The molecule has 0 spiro atoms. The minimum Gasteiger partial charge on any atom is -0.619 e. The highest BCUT2D eigenvalue weighted by Gasteiger charge is 2.27. The molecule has 0 amide bonds. The molecule has 22 heavy (non-hydrogen) atoms. The number of benzene rings is 1. The molecule has 0 saturated heterocycles. The van der Waals surface area contributed by atoms with Crippen molar-refractivity contribution < 1.29 is 19.0 Å². The summed E-state index contributed by atoms with van der Waals surface area (Å²) in [5.74, 6) is 1.14. The van der Waals surface area contributed by atoms with Crippen molar-refractivity contribution in [3.8, 4) is 11.5 Å². The molecule has 0 bridgehead atoms. The highest BCUT2D eigenvalue weighted by Crippen LogP contribution is 2.36. The molecule has 1 aromatic heterocycles. The van der Waals surface area contributed by atoms with E-state index in [1.807, 2.05) is 6.07 Å². The molecule has 0 radical (unpaired) electrons. The van der Waals surface area contributed by atoms with Gasteiger partial charge in [0.1, 0.15) is 0 Å². The fourth-order valence-electron chi connectivity index (χ4n) is 2.58. The largest absolute Gasteiger partial charge is 0.619 e. The van der Waals surface area contributed by atoms with Gasteiger partial charge in [-0.05, 0) is 29.3 Å². The van der Waals surface area contributed by atoms with Crippen molar-refractivity contribution in [1.82, 2.24) is 0 Å². The number of ether oxygens (including phenoxy) is 2. The Morgan fingerprint density at radius 3 is 2.41 bits per heavy atom. The van der Waals surface area contributed by atoms with Gasteiger partial charge in [-0.15, -0.1) is 0 Å². The lowest BCUT2D eigenvalue weighted by Gasteiger charge is -2.08. The predicted octanol–water partition coefficient (Wildman–Crippen LogP) is 2.16. The van der Waals surface area contributed by atoms with Crippen LogP contribution in [0.4, 0.5) is 0 Å². The van der Waals surface area contributed by atoms with Gasteiger partial charge < -0.3 is 14.7 Å². The molecule has 5 nitrogen and oxygen atoms in total. The summed E-state index contributed by atoms with van der Waals surface area (Å²) in [6.45, 7) is 0. The molecule has 3 rings (SSSR count). The maximum absolute atomic E-state index is 12.5. The zero-order valence-electron chi connectivity index (χ0n) is 12.3. The highest BCUT2D eigenvalue weighted by molar-refractivity contribution is 6.15. The Hall–Kier alpha value is -2.82. The molecule has 0 unspecified atom stereocenters. The lowest BCUT2D eigenvalue weighted by atomic mass is 10.1. The van der Waals surface area contributed by atoms with Crippen molar-refractivity contribution in [3.63, 3.8) is 0 Å². The van der Waals surface area contributed by atoms with Crippen molar-refractivity contribution in [2.75, 3.05) is 14.2 Å². The summed E-state index contributed by atoms with van der Waals surface area (Å²) < 4.78 is 11.2. The molecule has 0 saturated carbocycles. The Bertz CT molecular complexity index is 763. The monoisotopic (exact) mass is 297 g/mol. The van der Waals surface area contributed by atoms with E-state index in [1.165, 1.54) is 12.4 Å². The maximum atomic E-state index is 12.5. The van der Waals surface area contributed by atoms with Gasteiger partial charge >= 0.3 is 0 Å². The number of pyridine rings is 1. The minimum absolute atomic E-state index is 0.0187. The molecule has 0 aliphatic heterocycles. The number of fused-ring (bicyclic) bond motifs is 1. The average Bonchev–Trinajstić information content (AvgIpc) is 2.83. The zero-order chi connectivity index (χ0) is 15.7. The van der Waals surface area contributed by atoms with Crippen LogP contribution in [0.15, 0.2) is 42.2 Å². The van der Waals surface area contributed by atoms with Crippen LogP contribution in [0.3, 0.4) is 0 Å². The van der Waals surface area contributed by atoms with Crippen LogP contribution < -0.4 is 14.2 Å². The van der Waals surface area contributed by atoms with Gasteiger partial charge in [-0.1, -0.05) is 0 Å². The van der Waals surface area contributed by atoms with Crippen molar-refractivity contribution >= 4 is 11.9 Å². The zero-order valence-corrected chi connectivity index (χ0v) is 12.3. The van der Waals surface area contributed by atoms with E-state index in [0.29, 0.717) is 33.8 Å². The first-order valence-electron chi connectivity index (χ1n) is 6.81. The van der Waals surface area contributed by atoms with Crippen LogP contribution in [0.2, 0.25) is 0 Å². The molecule has 0 N–H and O–H groups in total. The number of hydrogen-bond acceptors (Lipinski definition) is 4. The Morgan fingerprint density at radius 1 is 1.14 bits per heavy atom. The van der Waals surface area contributed by atoms with Gasteiger partial charge in [-0.25, -0.2) is 0 Å².